The Hall–Kier alpha value is -2.00. The average molecular weight is 583 g/mol. The van der Waals surface area contributed by atoms with E-state index >= 15 is 0 Å². The summed E-state index contributed by atoms with van der Waals surface area (Å²) in [5, 5.41) is 35.2. The fraction of sp³-hybridized carbons (Fsp3) is 0.765. The minimum absolute atomic E-state index is 0.181. The Morgan fingerprint density at radius 3 is 1.74 bits per heavy atom. The summed E-state index contributed by atoms with van der Waals surface area (Å²) < 4.78 is 0. The van der Waals surface area contributed by atoms with Crippen molar-refractivity contribution in [1.82, 2.24) is 21.3 Å². The van der Waals surface area contributed by atoms with Crippen LogP contribution in [0.4, 0.5) is 0 Å². The van der Waals surface area contributed by atoms with Gasteiger partial charge in [-0.2, -0.15) is 0 Å². The van der Waals surface area contributed by atoms with Gasteiger partial charge in [-0.3, -0.25) is 9.59 Å². The molecule has 8 bridgehead atoms. The van der Waals surface area contributed by atoms with Gasteiger partial charge >= 0.3 is 11.9 Å². The molecule has 0 aliphatic carbocycles. The summed E-state index contributed by atoms with van der Waals surface area (Å²) in [6.45, 7) is 15.7. The van der Waals surface area contributed by atoms with Crippen LogP contribution in [0.15, 0.2) is 34.9 Å². The molecule has 0 spiro atoms. The van der Waals surface area contributed by atoms with Crippen LogP contribution in [-0.2, 0) is 9.59 Å². The minimum Gasteiger partial charge on any atom is -0.481 e. The zero-order valence-electron chi connectivity index (χ0n) is 26.3. The topological polar surface area (TPSA) is 123 Å². The van der Waals surface area contributed by atoms with Gasteiger partial charge in [0.1, 0.15) is 0 Å². The van der Waals surface area contributed by atoms with E-state index in [2.05, 4.69) is 62.5 Å². The van der Waals surface area contributed by atoms with Crippen molar-refractivity contribution in [1.29, 1.82) is 0 Å². The number of fused-ring (bicyclic) bond motifs is 8. The Kier molecular flexibility index (Phi) is 9.67. The third-order valence-corrected chi connectivity index (χ3v) is 12.1. The third kappa shape index (κ3) is 6.15. The lowest BCUT2D eigenvalue weighted by Gasteiger charge is -2.28. The van der Waals surface area contributed by atoms with Crippen LogP contribution in [0.1, 0.15) is 92.4 Å². The quantitative estimate of drug-likeness (QED) is 0.233. The van der Waals surface area contributed by atoms with Gasteiger partial charge in [0.25, 0.3) is 0 Å². The summed E-state index contributed by atoms with van der Waals surface area (Å²) >= 11 is 0. The minimum atomic E-state index is -0.736. The van der Waals surface area contributed by atoms with E-state index in [4.69, 9.17) is 0 Å². The molecule has 5 rings (SSSR count). The normalized spacial score (nSPS) is 41.9. The molecule has 0 aromatic heterocycles. The van der Waals surface area contributed by atoms with Crippen molar-refractivity contribution >= 4 is 11.9 Å². The highest BCUT2D eigenvalue weighted by molar-refractivity contribution is 5.67. The Morgan fingerprint density at radius 2 is 1.24 bits per heavy atom. The second-order valence-corrected chi connectivity index (χ2v) is 14.1. The first kappa shape index (κ1) is 31.4. The van der Waals surface area contributed by atoms with Crippen LogP contribution in [0.25, 0.3) is 0 Å². The fourth-order valence-electron chi connectivity index (χ4n) is 9.63. The van der Waals surface area contributed by atoms with Gasteiger partial charge in [-0.25, -0.2) is 0 Å². The molecule has 0 amide bonds. The maximum atomic E-state index is 11.6. The van der Waals surface area contributed by atoms with E-state index in [1.54, 1.807) is 5.57 Å². The molecule has 12 atom stereocenters. The summed E-state index contributed by atoms with van der Waals surface area (Å²) in [7, 11) is 0. The van der Waals surface area contributed by atoms with Gasteiger partial charge in [0, 0.05) is 61.2 Å². The van der Waals surface area contributed by atoms with Crippen LogP contribution < -0.4 is 21.3 Å². The van der Waals surface area contributed by atoms with Crippen molar-refractivity contribution in [3.8, 4) is 0 Å². The van der Waals surface area contributed by atoms with Crippen LogP contribution in [-0.4, -0.2) is 70.5 Å². The van der Waals surface area contributed by atoms with Gasteiger partial charge in [-0.15, -0.1) is 0 Å². The number of carbonyl (C=O) groups is 2. The predicted molar refractivity (Wildman–Crippen MR) is 166 cm³/mol. The van der Waals surface area contributed by atoms with Gasteiger partial charge < -0.3 is 31.5 Å². The molecule has 12 unspecified atom stereocenters. The molecule has 3 fully saturated rings. The standard InChI is InChI=1S/C34H54N4O4/c1-7-21-17(3)25-13-26-19(5)23(9-11-33(39)40)31(37-26)16-32-24(10-12-34(41)42)20(6)28(38-32)15-30-22(8-2)18(4)27(36-30)14-29(21)35-25/h8,19-20,23-32,35-38H,2,7,9-16H2,1,3-6H3,(H,39,40)(H,41,42). The second kappa shape index (κ2) is 12.9. The number of carboxylic acid groups (broad SMARTS) is 2. The Balaban J connectivity index is 1.49. The highest BCUT2D eigenvalue weighted by Gasteiger charge is 2.48. The number of aliphatic carboxylic acids is 2. The summed E-state index contributed by atoms with van der Waals surface area (Å²) in [4.78, 5) is 23.3. The van der Waals surface area contributed by atoms with E-state index in [0.29, 0.717) is 48.8 Å². The molecule has 8 nitrogen and oxygen atoms in total. The maximum absolute atomic E-state index is 11.6. The molecule has 5 aliphatic rings. The lowest BCUT2D eigenvalue weighted by atomic mass is 9.78. The molecule has 0 saturated carbocycles. The summed E-state index contributed by atoms with van der Waals surface area (Å²) in [5.41, 5.74) is 5.75. The first-order valence-corrected chi connectivity index (χ1v) is 16.5. The van der Waals surface area contributed by atoms with E-state index in [9.17, 15) is 19.8 Å². The van der Waals surface area contributed by atoms with Gasteiger partial charge in [0.05, 0.1) is 0 Å². The molecule has 5 heterocycles. The van der Waals surface area contributed by atoms with Gasteiger partial charge in [0.2, 0.25) is 0 Å². The molecule has 0 aromatic rings. The van der Waals surface area contributed by atoms with Gasteiger partial charge in [-0.1, -0.05) is 50.1 Å². The monoisotopic (exact) mass is 582 g/mol. The van der Waals surface area contributed by atoms with Crippen molar-refractivity contribution in [2.24, 2.45) is 23.7 Å². The molecule has 8 heteroatoms. The van der Waals surface area contributed by atoms with Crippen molar-refractivity contribution in [3.05, 3.63) is 34.9 Å². The number of hydrogen-bond acceptors (Lipinski definition) is 6. The highest BCUT2D eigenvalue weighted by atomic mass is 16.4. The second-order valence-electron chi connectivity index (χ2n) is 14.1. The van der Waals surface area contributed by atoms with E-state index in [0.717, 1.165) is 32.1 Å². The van der Waals surface area contributed by atoms with E-state index < -0.39 is 11.9 Å². The Bertz CT molecular complexity index is 1110. The molecule has 0 aromatic carbocycles. The van der Waals surface area contributed by atoms with Crippen molar-refractivity contribution in [2.45, 2.75) is 141 Å². The number of nitrogens with one attached hydrogen (secondary N) is 4. The summed E-state index contributed by atoms with van der Waals surface area (Å²) in [6, 6.07) is 2.17. The molecule has 6 N–H and O–H groups in total. The van der Waals surface area contributed by atoms with Crippen molar-refractivity contribution < 1.29 is 19.8 Å². The molecule has 3 saturated heterocycles. The van der Waals surface area contributed by atoms with Crippen LogP contribution >= 0.6 is 0 Å². The smallest absolute Gasteiger partial charge is 0.303 e. The van der Waals surface area contributed by atoms with Crippen LogP contribution in [0.3, 0.4) is 0 Å². The summed E-state index contributed by atoms with van der Waals surface area (Å²) in [6.07, 6.45) is 8.67. The molecule has 5 aliphatic heterocycles. The number of carboxylic acids is 2. The van der Waals surface area contributed by atoms with E-state index in [-0.39, 0.29) is 48.8 Å². The van der Waals surface area contributed by atoms with Crippen LogP contribution in [0.2, 0.25) is 0 Å². The SMILES string of the molecule is C=CC1=C(C)C2CC3NC(CC4NC(CC5NC(CC1N2)C(C)C5CCC(=O)O)C(CCC(=O)O)C4C)C(C)=C3CC. The highest BCUT2D eigenvalue weighted by Crippen LogP contribution is 2.43. The molecule has 0 radical (unpaired) electrons. The average Bonchev–Trinajstić information content (AvgIpc) is 3.59. The van der Waals surface area contributed by atoms with Gasteiger partial charge in [0.15, 0.2) is 0 Å². The van der Waals surface area contributed by atoms with Crippen molar-refractivity contribution in [3.63, 3.8) is 0 Å². The van der Waals surface area contributed by atoms with E-state index in [1.807, 2.05) is 6.08 Å². The lowest BCUT2D eigenvalue weighted by Crippen LogP contribution is -2.46. The Labute approximate surface area is 252 Å². The third-order valence-electron chi connectivity index (χ3n) is 12.1. The predicted octanol–water partition coefficient (Wildman–Crippen LogP) is 4.39. The number of hydrogen-bond donors (Lipinski definition) is 6. The zero-order chi connectivity index (χ0) is 30.3. The first-order chi connectivity index (χ1) is 20.0. The molecule has 234 valence electrons. The molecular weight excluding hydrogens is 528 g/mol. The largest absolute Gasteiger partial charge is 0.481 e. The maximum Gasteiger partial charge on any atom is 0.303 e. The Morgan fingerprint density at radius 1 is 0.738 bits per heavy atom. The summed E-state index contributed by atoms with van der Waals surface area (Å²) in [5.74, 6) is -0.207. The first-order valence-electron chi connectivity index (χ1n) is 16.5. The number of rotatable bonds is 8. The lowest BCUT2D eigenvalue weighted by molar-refractivity contribution is -0.138. The molecule has 42 heavy (non-hydrogen) atoms. The van der Waals surface area contributed by atoms with Crippen molar-refractivity contribution in [2.75, 3.05) is 0 Å². The van der Waals surface area contributed by atoms with Gasteiger partial charge in [-0.05, 0) is 88.0 Å². The van der Waals surface area contributed by atoms with Crippen LogP contribution in [0, 0.1) is 23.7 Å². The zero-order valence-corrected chi connectivity index (χ0v) is 26.3. The fourth-order valence-corrected chi connectivity index (χ4v) is 9.63. The van der Waals surface area contributed by atoms with Crippen LogP contribution in [0.5, 0.6) is 0 Å². The molecular formula is C34H54N4O4. The van der Waals surface area contributed by atoms with E-state index in [1.165, 1.54) is 16.7 Å².